The van der Waals surface area contributed by atoms with Crippen LogP contribution in [-0.2, 0) is 30.4 Å². The zero-order valence-corrected chi connectivity index (χ0v) is 35.0. The number of aliphatic hydroxyl groups is 2. The predicted molar refractivity (Wildman–Crippen MR) is 220 cm³/mol. The Labute approximate surface area is 357 Å². The molecule has 5 aromatic carbocycles. The molecule has 0 spiro atoms. The van der Waals surface area contributed by atoms with Gasteiger partial charge in [-0.1, -0.05) is 6.07 Å². The van der Waals surface area contributed by atoms with E-state index in [0.717, 1.165) is 22.9 Å². The monoisotopic (exact) mass is 926 g/mol. The average Bonchev–Trinajstić information content (AvgIpc) is 3.51. The highest BCUT2D eigenvalue weighted by Gasteiger charge is 2.24. The largest absolute Gasteiger partial charge is 0.505 e. The Hall–Kier alpha value is -6.78. The summed E-state index contributed by atoms with van der Waals surface area (Å²) in [6.07, 6.45) is 0. The molecule has 1 aromatic heterocycles. The second-order valence-corrected chi connectivity index (χ2v) is 17.3. The first-order valence-corrected chi connectivity index (χ1v) is 22.1. The van der Waals surface area contributed by atoms with Crippen molar-refractivity contribution in [2.24, 2.45) is 30.7 Å². The Balaban J connectivity index is 1.40. The molecule has 7 N–H and O–H groups in total. The molecule has 0 bridgehead atoms. The van der Waals surface area contributed by atoms with E-state index in [1.165, 1.54) is 67.6 Å². The van der Waals surface area contributed by atoms with E-state index in [9.17, 15) is 59.3 Å². The third kappa shape index (κ3) is 10.5. The summed E-state index contributed by atoms with van der Waals surface area (Å²) in [5.74, 6) is -1.58. The summed E-state index contributed by atoms with van der Waals surface area (Å²) in [6, 6.07) is 16.1. The van der Waals surface area contributed by atoms with Crippen LogP contribution >= 0.6 is 0 Å². The lowest BCUT2D eigenvalue weighted by molar-refractivity contribution is 0.198. The summed E-state index contributed by atoms with van der Waals surface area (Å²) in [6.45, 7) is 1.51. The molecule has 23 nitrogen and oxygen atoms in total. The Morgan fingerprint density at radius 2 is 1.17 bits per heavy atom. The lowest BCUT2D eigenvalue weighted by atomic mass is 10.1. The number of phenols is 1. The van der Waals surface area contributed by atoms with E-state index < -0.39 is 70.7 Å². The maximum absolute atomic E-state index is 12.7. The molecular weight excluding hydrogens is 893 g/mol. The van der Waals surface area contributed by atoms with Crippen molar-refractivity contribution in [1.82, 2.24) is 9.78 Å². The van der Waals surface area contributed by atoms with Crippen molar-refractivity contribution in [2.75, 3.05) is 26.4 Å². The van der Waals surface area contributed by atoms with Crippen LogP contribution in [0, 0.1) is 13.8 Å². The molecule has 0 saturated carbocycles. The van der Waals surface area contributed by atoms with Crippen LogP contribution in [-0.4, -0.2) is 95.5 Å². The summed E-state index contributed by atoms with van der Waals surface area (Å²) in [7, 11) is -14.3. The number of phenolic OH excluding ortho intramolecular Hbond substituents is 1. The van der Waals surface area contributed by atoms with Gasteiger partial charge in [0.1, 0.15) is 57.3 Å². The van der Waals surface area contributed by atoms with Crippen LogP contribution in [0.2, 0.25) is 0 Å². The molecule has 0 aliphatic rings. The number of hydrogen-bond acceptors (Lipinski definition) is 19. The molecule has 0 atom stereocenters. The highest BCUT2D eigenvalue weighted by Crippen LogP contribution is 2.45. The zero-order chi connectivity index (χ0) is 45.9. The van der Waals surface area contributed by atoms with Crippen molar-refractivity contribution < 1.29 is 68.8 Å². The Kier molecular flexibility index (Phi) is 13.3. The molecule has 0 unspecified atom stereocenters. The molecular formula is C37H34N8O15S3. The minimum Gasteiger partial charge on any atom is -0.505 e. The molecule has 6 aromatic rings. The van der Waals surface area contributed by atoms with Crippen LogP contribution in [0.4, 0.5) is 34.1 Å². The fourth-order valence-electron chi connectivity index (χ4n) is 5.72. The summed E-state index contributed by atoms with van der Waals surface area (Å²) >= 11 is 0. The first-order chi connectivity index (χ1) is 29.7. The smallest absolute Gasteiger partial charge is 0.296 e. The summed E-state index contributed by atoms with van der Waals surface area (Å²) < 4.78 is 114. The first kappa shape index (κ1) is 45.7. The molecule has 330 valence electrons. The van der Waals surface area contributed by atoms with E-state index in [4.69, 9.17) is 9.47 Å². The second kappa shape index (κ2) is 18.3. The highest BCUT2D eigenvalue weighted by atomic mass is 32.2. The van der Waals surface area contributed by atoms with Crippen molar-refractivity contribution in [2.45, 2.75) is 28.5 Å². The lowest BCUT2D eigenvalue weighted by Crippen LogP contribution is -2.04. The number of rotatable bonds is 16. The number of aromatic nitrogens is 2. The Morgan fingerprint density at radius 3 is 1.75 bits per heavy atom. The van der Waals surface area contributed by atoms with Gasteiger partial charge in [0, 0.05) is 17.5 Å². The van der Waals surface area contributed by atoms with E-state index in [1.807, 2.05) is 0 Å². The van der Waals surface area contributed by atoms with Gasteiger partial charge in [-0.25, -0.2) is 0 Å². The van der Waals surface area contributed by atoms with Crippen molar-refractivity contribution in [3.63, 3.8) is 0 Å². The number of benzene rings is 5. The number of nitrogens with zero attached hydrogens (tertiary/aromatic N) is 8. The summed E-state index contributed by atoms with van der Waals surface area (Å²) in [4.78, 5) is -1.81. The minimum atomic E-state index is -5.15. The van der Waals surface area contributed by atoms with E-state index in [2.05, 4.69) is 35.8 Å². The third-order valence-electron chi connectivity index (χ3n) is 8.62. The molecule has 0 aliphatic heterocycles. The van der Waals surface area contributed by atoms with Crippen LogP contribution in [0.15, 0.2) is 124 Å². The number of hydrogen-bond donors (Lipinski definition) is 7. The van der Waals surface area contributed by atoms with Gasteiger partial charge in [-0.15, -0.1) is 25.6 Å². The third-order valence-corrected chi connectivity index (χ3v) is 11.2. The maximum Gasteiger partial charge on any atom is 0.296 e. The molecule has 0 saturated heterocycles. The van der Waals surface area contributed by atoms with Gasteiger partial charge in [0.25, 0.3) is 30.4 Å². The topological polar surface area (TPSA) is 354 Å². The van der Waals surface area contributed by atoms with Crippen molar-refractivity contribution >= 4 is 75.3 Å². The predicted octanol–water partition coefficient (Wildman–Crippen LogP) is 6.78. The van der Waals surface area contributed by atoms with Gasteiger partial charge in [-0.05, 0) is 85.5 Å². The Morgan fingerprint density at radius 1 is 0.603 bits per heavy atom. The van der Waals surface area contributed by atoms with Gasteiger partial charge >= 0.3 is 0 Å². The molecule has 0 fully saturated rings. The Bertz CT molecular complexity index is 3180. The number of aryl methyl sites for hydroxylation is 2. The van der Waals surface area contributed by atoms with Crippen LogP contribution in [0.3, 0.4) is 0 Å². The minimum absolute atomic E-state index is 0.00318. The maximum atomic E-state index is 12.7. The fraction of sp³-hybridized carbons (Fsp3) is 0.162. The van der Waals surface area contributed by atoms with Crippen LogP contribution in [0.1, 0.15) is 11.3 Å². The average molecular weight is 927 g/mol. The molecule has 1 heterocycles. The van der Waals surface area contributed by atoms with E-state index >= 15 is 0 Å². The van der Waals surface area contributed by atoms with Crippen LogP contribution in [0.5, 0.6) is 23.1 Å². The van der Waals surface area contributed by atoms with Crippen LogP contribution in [0.25, 0.3) is 16.5 Å². The molecule has 0 amide bonds. The first-order valence-electron chi connectivity index (χ1n) is 17.8. The van der Waals surface area contributed by atoms with E-state index in [0.29, 0.717) is 5.56 Å². The van der Waals surface area contributed by atoms with Crippen molar-refractivity contribution in [1.29, 1.82) is 0 Å². The number of fused-ring (bicyclic) bond motifs is 1. The normalized spacial score (nSPS) is 12.6. The van der Waals surface area contributed by atoms with Crippen LogP contribution < -0.4 is 9.47 Å². The fourth-order valence-corrected chi connectivity index (χ4v) is 7.57. The van der Waals surface area contributed by atoms with Gasteiger partial charge < -0.3 is 29.9 Å². The number of aromatic hydroxyl groups is 2. The molecule has 0 aliphatic carbocycles. The molecule has 26 heteroatoms. The van der Waals surface area contributed by atoms with E-state index in [1.54, 1.807) is 6.92 Å². The quantitative estimate of drug-likeness (QED) is 0.0388. The van der Waals surface area contributed by atoms with Gasteiger partial charge in [0.2, 0.25) is 5.88 Å². The molecule has 0 radical (unpaired) electrons. The standard InChI is InChI=1S/C37H34N8O15S3/c1-20-3-10-27(32(15-20)62(53,54)55)39-40-28-18-31(60-14-12-47)29(19-30(28)59-13-11-46)41-43-35-33(63(56,57)58)17-22-16-24(6-9-26(22)36(35)48)45-37(49)34(21(2)44-45)42-38-23-4-7-25(8-5-23)61(50,51)52/h3-10,15-19,46-49H,11-14H2,1-2H3,(H,50,51,52)(H,53,54,55)(H,56,57,58). The lowest BCUT2D eigenvalue weighted by Gasteiger charge is -2.13. The number of azo groups is 3. The summed E-state index contributed by atoms with van der Waals surface area (Å²) in [5.41, 5.74) is -0.421. The van der Waals surface area contributed by atoms with Gasteiger partial charge in [0.15, 0.2) is 11.4 Å². The number of aliphatic hydroxyl groups excluding tert-OH is 2. The number of ether oxygens (including phenoxy) is 2. The molecule has 63 heavy (non-hydrogen) atoms. The van der Waals surface area contributed by atoms with Crippen molar-refractivity contribution in [3.8, 4) is 28.8 Å². The van der Waals surface area contributed by atoms with Gasteiger partial charge in [-0.2, -0.15) is 40.1 Å². The van der Waals surface area contributed by atoms with E-state index in [-0.39, 0.29) is 80.2 Å². The van der Waals surface area contributed by atoms with Crippen molar-refractivity contribution in [3.05, 3.63) is 90.1 Å². The second-order valence-electron chi connectivity index (χ2n) is 13.1. The summed E-state index contributed by atoms with van der Waals surface area (Å²) in [5, 5.41) is 69.6. The van der Waals surface area contributed by atoms with Gasteiger partial charge in [-0.3, -0.25) is 13.7 Å². The SMILES string of the molecule is Cc1ccc(N=Nc2cc(OCCO)c(N=Nc3c(S(=O)(=O)O)cc4cc(-n5nc(C)c(N=Nc6ccc(S(=O)(=O)O)cc6)c5O)ccc4c3O)cc2OCCO)c(S(=O)(=O)O)c1. The van der Waals surface area contributed by atoms with Gasteiger partial charge in [0.05, 0.1) is 35.2 Å². The molecule has 6 rings (SSSR count). The highest BCUT2D eigenvalue weighted by molar-refractivity contribution is 7.86. The zero-order valence-electron chi connectivity index (χ0n) is 32.5.